The second-order valence-electron chi connectivity index (χ2n) is 7.31. The predicted octanol–water partition coefficient (Wildman–Crippen LogP) is 4.53. The van der Waals surface area contributed by atoms with Gasteiger partial charge in [-0.1, -0.05) is 23.7 Å². The van der Waals surface area contributed by atoms with Crippen molar-refractivity contribution >= 4 is 63.0 Å². The minimum absolute atomic E-state index is 0.0208. The first kappa shape index (κ1) is 23.8. The van der Waals surface area contributed by atoms with Gasteiger partial charge < -0.3 is 15.0 Å². The number of anilines is 4. The number of rotatable bonds is 7. The predicted molar refractivity (Wildman–Crippen MR) is 134 cm³/mol. The highest BCUT2D eigenvalue weighted by molar-refractivity contribution is 9.10. The van der Waals surface area contributed by atoms with Crippen molar-refractivity contribution < 1.29 is 9.66 Å². The molecule has 0 atom stereocenters. The highest BCUT2D eigenvalue weighted by Gasteiger charge is 2.17. The van der Waals surface area contributed by atoms with Gasteiger partial charge >= 0.3 is 0 Å². The summed E-state index contributed by atoms with van der Waals surface area (Å²) in [6.45, 7) is 4.33. The van der Waals surface area contributed by atoms with Crippen LogP contribution in [-0.4, -0.2) is 52.4 Å². The van der Waals surface area contributed by atoms with Crippen LogP contribution in [0.1, 0.15) is 11.1 Å². The summed E-state index contributed by atoms with van der Waals surface area (Å²) in [6.07, 6.45) is 1.45. The summed E-state index contributed by atoms with van der Waals surface area (Å²) in [5, 5.41) is 18.9. The van der Waals surface area contributed by atoms with Crippen LogP contribution in [0.4, 0.5) is 29.2 Å². The zero-order chi connectivity index (χ0) is 24.1. The van der Waals surface area contributed by atoms with E-state index in [1.165, 1.54) is 18.3 Å². The topological polar surface area (TPSA) is 131 Å². The Balaban J connectivity index is 1.60. The van der Waals surface area contributed by atoms with Crippen LogP contribution < -0.4 is 15.6 Å². The van der Waals surface area contributed by atoms with Crippen molar-refractivity contribution in [1.29, 1.82) is 0 Å². The minimum atomic E-state index is -0.460. The fourth-order valence-corrected chi connectivity index (χ4v) is 3.84. The molecule has 1 aromatic heterocycles. The molecular weight excluding hydrogens is 528 g/mol. The van der Waals surface area contributed by atoms with Crippen molar-refractivity contribution in [2.45, 2.75) is 6.92 Å². The molecule has 0 aliphatic carbocycles. The Morgan fingerprint density at radius 2 is 1.97 bits per heavy atom. The Kier molecular flexibility index (Phi) is 7.50. The van der Waals surface area contributed by atoms with Crippen molar-refractivity contribution in [1.82, 2.24) is 15.0 Å². The van der Waals surface area contributed by atoms with Crippen LogP contribution in [0.15, 0.2) is 46.0 Å². The number of nitrogens with zero attached hydrogens (tertiary/aromatic N) is 6. The molecule has 176 valence electrons. The first-order valence-corrected chi connectivity index (χ1v) is 11.4. The molecule has 2 aromatic carbocycles. The number of non-ortho nitro benzene ring substituents is 1. The summed E-state index contributed by atoms with van der Waals surface area (Å²) in [4.78, 5) is 25.9. The monoisotopic (exact) mass is 546 g/mol. The summed E-state index contributed by atoms with van der Waals surface area (Å²) in [5.41, 5.74) is 4.95. The fraction of sp³-hybridized carbons (Fsp3) is 0.238. The molecule has 11 nitrogen and oxygen atoms in total. The van der Waals surface area contributed by atoms with E-state index in [2.05, 4.69) is 46.7 Å². The standard InChI is InChI=1S/C21H20BrClN8O3/c1-13-9-16(22)18(11-17(13)23)25-19-26-20(28-21(27-19)30-5-7-34-8-6-30)29-24-12-14-3-2-4-15(10-14)31(32)33/h2-4,9-12H,5-8H2,1H3,(H2,25,26,27,28,29)/b24-12+. The molecule has 1 fully saturated rings. The number of halogens is 2. The highest BCUT2D eigenvalue weighted by Crippen LogP contribution is 2.31. The highest BCUT2D eigenvalue weighted by atomic mass is 79.9. The van der Waals surface area contributed by atoms with Crippen LogP contribution in [0.2, 0.25) is 5.02 Å². The summed E-state index contributed by atoms with van der Waals surface area (Å²) in [6, 6.07) is 9.81. The maximum Gasteiger partial charge on any atom is 0.270 e. The summed E-state index contributed by atoms with van der Waals surface area (Å²) in [5.74, 6) is 0.961. The van der Waals surface area contributed by atoms with E-state index < -0.39 is 4.92 Å². The van der Waals surface area contributed by atoms with Crippen molar-refractivity contribution in [2.75, 3.05) is 41.9 Å². The molecule has 1 aliphatic heterocycles. The maximum atomic E-state index is 11.0. The van der Waals surface area contributed by atoms with Crippen molar-refractivity contribution in [3.05, 3.63) is 67.1 Å². The summed E-state index contributed by atoms with van der Waals surface area (Å²) >= 11 is 9.81. The normalized spacial score (nSPS) is 13.8. The summed E-state index contributed by atoms with van der Waals surface area (Å²) in [7, 11) is 0. The van der Waals surface area contributed by atoms with Crippen molar-refractivity contribution in [3.63, 3.8) is 0 Å². The molecule has 2 heterocycles. The number of aromatic nitrogens is 3. The third-order valence-electron chi connectivity index (χ3n) is 4.87. The smallest absolute Gasteiger partial charge is 0.270 e. The van der Waals surface area contributed by atoms with E-state index in [9.17, 15) is 10.1 Å². The molecular formula is C21H20BrClN8O3. The molecule has 1 aliphatic rings. The van der Waals surface area contributed by atoms with Crippen molar-refractivity contribution in [3.8, 4) is 0 Å². The van der Waals surface area contributed by atoms with E-state index in [0.29, 0.717) is 54.5 Å². The molecule has 1 saturated heterocycles. The van der Waals surface area contributed by atoms with Crippen LogP contribution in [0.5, 0.6) is 0 Å². The number of nitro groups is 1. The summed E-state index contributed by atoms with van der Waals surface area (Å²) < 4.78 is 6.23. The average Bonchev–Trinajstić information content (AvgIpc) is 2.83. The number of hydrazone groups is 1. The van der Waals surface area contributed by atoms with Gasteiger partial charge in [0.25, 0.3) is 5.69 Å². The van der Waals surface area contributed by atoms with Crippen LogP contribution >= 0.6 is 27.5 Å². The SMILES string of the molecule is Cc1cc(Br)c(Nc2nc(N/N=C/c3cccc([N+](=O)[O-])c3)nc(N3CCOCC3)n2)cc1Cl. The van der Waals surface area contributed by atoms with E-state index in [1.54, 1.807) is 18.2 Å². The molecule has 3 aromatic rings. The third-order valence-corrected chi connectivity index (χ3v) is 5.93. The Morgan fingerprint density at radius 3 is 2.74 bits per heavy atom. The fourth-order valence-electron chi connectivity index (χ4n) is 3.12. The molecule has 4 rings (SSSR count). The Bertz CT molecular complexity index is 1240. The average molecular weight is 548 g/mol. The second kappa shape index (κ2) is 10.7. The number of hydrogen-bond acceptors (Lipinski definition) is 10. The lowest BCUT2D eigenvalue weighted by atomic mass is 10.2. The van der Waals surface area contributed by atoms with Crippen LogP contribution in [0, 0.1) is 17.0 Å². The lowest BCUT2D eigenvalue weighted by Gasteiger charge is -2.27. The number of morpholine rings is 1. The zero-order valence-electron chi connectivity index (χ0n) is 18.0. The van der Waals surface area contributed by atoms with Gasteiger partial charge in [-0.25, -0.2) is 5.43 Å². The van der Waals surface area contributed by atoms with E-state index in [1.807, 2.05) is 17.9 Å². The first-order chi connectivity index (χ1) is 16.4. The molecule has 0 spiro atoms. The molecule has 0 saturated carbocycles. The number of benzene rings is 2. The molecule has 2 N–H and O–H groups in total. The Labute approximate surface area is 208 Å². The van der Waals surface area contributed by atoms with Gasteiger partial charge in [-0.2, -0.15) is 20.1 Å². The van der Waals surface area contributed by atoms with Gasteiger partial charge in [0.05, 0.1) is 30.0 Å². The van der Waals surface area contributed by atoms with Gasteiger partial charge in [0.1, 0.15) is 0 Å². The van der Waals surface area contributed by atoms with Crippen molar-refractivity contribution in [2.24, 2.45) is 5.10 Å². The number of nitrogens with one attached hydrogen (secondary N) is 2. The quantitative estimate of drug-likeness (QED) is 0.249. The van der Waals surface area contributed by atoms with Gasteiger partial charge in [-0.3, -0.25) is 10.1 Å². The molecule has 0 unspecified atom stereocenters. The van der Waals surface area contributed by atoms with E-state index in [4.69, 9.17) is 16.3 Å². The van der Waals surface area contributed by atoms with Crippen LogP contribution in [0.25, 0.3) is 0 Å². The minimum Gasteiger partial charge on any atom is -0.378 e. The lowest BCUT2D eigenvalue weighted by Crippen LogP contribution is -2.37. The number of ether oxygens (including phenoxy) is 1. The van der Waals surface area contributed by atoms with E-state index in [0.717, 1.165) is 10.0 Å². The first-order valence-electron chi connectivity index (χ1n) is 10.2. The molecule has 0 radical (unpaired) electrons. The Morgan fingerprint density at radius 1 is 1.21 bits per heavy atom. The molecule has 34 heavy (non-hydrogen) atoms. The van der Waals surface area contributed by atoms with Gasteiger partial charge in [0.15, 0.2) is 0 Å². The van der Waals surface area contributed by atoms with Crippen LogP contribution in [-0.2, 0) is 4.74 Å². The maximum absolute atomic E-state index is 11.0. The second-order valence-corrected chi connectivity index (χ2v) is 8.57. The molecule has 0 amide bonds. The van der Waals surface area contributed by atoms with Gasteiger partial charge in [-0.05, 0) is 40.5 Å². The lowest BCUT2D eigenvalue weighted by molar-refractivity contribution is -0.384. The van der Waals surface area contributed by atoms with Crippen LogP contribution in [0.3, 0.4) is 0 Å². The molecule has 0 bridgehead atoms. The molecule has 13 heteroatoms. The van der Waals surface area contributed by atoms with Gasteiger partial charge in [0, 0.05) is 40.3 Å². The largest absolute Gasteiger partial charge is 0.378 e. The number of hydrogen-bond donors (Lipinski definition) is 2. The number of aryl methyl sites for hydroxylation is 1. The van der Waals surface area contributed by atoms with Gasteiger partial charge in [0.2, 0.25) is 17.8 Å². The van der Waals surface area contributed by atoms with E-state index >= 15 is 0 Å². The zero-order valence-corrected chi connectivity index (χ0v) is 20.4. The third kappa shape index (κ3) is 5.95. The van der Waals surface area contributed by atoms with E-state index in [-0.39, 0.29) is 11.6 Å². The Hall–Kier alpha value is -3.35. The van der Waals surface area contributed by atoms with Gasteiger partial charge in [-0.15, -0.1) is 0 Å². The number of nitro benzene ring substituents is 1.